The molecule has 4 fully saturated rings. The van der Waals surface area contributed by atoms with Crippen molar-refractivity contribution < 1.29 is 4.74 Å². The molecule has 4 bridgehead atoms. The van der Waals surface area contributed by atoms with E-state index in [9.17, 15) is 0 Å². The van der Waals surface area contributed by atoms with Crippen LogP contribution in [-0.2, 0) is 4.74 Å². The summed E-state index contributed by atoms with van der Waals surface area (Å²) >= 11 is 3.60. The van der Waals surface area contributed by atoms with E-state index in [1.807, 2.05) is 12.2 Å². The average Bonchev–Trinajstić information content (AvgIpc) is 2.66. The fourth-order valence-corrected chi connectivity index (χ4v) is 6.25. The van der Waals surface area contributed by atoms with Crippen LogP contribution in [-0.4, -0.2) is 31.1 Å². The maximum Gasteiger partial charge on any atom is 0.131 e. The lowest BCUT2D eigenvalue weighted by molar-refractivity contribution is -0.0758. The van der Waals surface area contributed by atoms with E-state index in [-0.39, 0.29) is 0 Å². The van der Waals surface area contributed by atoms with Gasteiger partial charge in [-0.1, -0.05) is 15.9 Å². The molecule has 5 aliphatic carbocycles. The Labute approximate surface area is 148 Å². The molecule has 5 rings (SSSR count). The zero-order valence-corrected chi connectivity index (χ0v) is 15.7. The van der Waals surface area contributed by atoms with Gasteiger partial charge in [-0.3, -0.25) is 4.90 Å². The minimum atomic E-state index is 0.435. The summed E-state index contributed by atoms with van der Waals surface area (Å²) in [4.78, 5) is 2.64. The molecular weight excluding hydrogens is 350 g/mol. The molecule has 124 valence electrons. The SMILES string of the molecule is COC1=C(CN(C)C23CC4CC(CC(C4)C2)C3)C=C(Br)C=C=C1. The van der Waals surface area contributed by atoms with Crippen molar-refractivity contribution in [2.24, 2.45) is 17.8 Å². The predicted molar refractivity (Wildman–Crippen MR) is 97.2 cm³/mol. The van der Waals surface area contributed by atoms with Gasteiger partial charge in [0.25, 0.3) is 0 Å². The van der Waals surface area contributed by atoms with E-state index in [1.54, 1.807) is 7.11 Å². The van der Waals surface area contributed by atoms with Gasteiger partial charge in [0.2, 0.25) is 0 Å². The van der Waals surface area contributed by atoms with Gasteiger partial charge in [-0.25, -0.2) is 0 Å². The molecule has 0 N–H and O–H groups in total. The minimum absolute atomic E-state index is 0.435. The van der Waals surface area contributed by atoms with Crippen molar-refractivity contribution in [2.45, 2.75) is 44.1 Å². The topological polar surface area (TPSA) is 12.5 Å². The fourth-order valence-electron chi connectivity index (χ4n) is 5.84. The third kappa shape index (κ3) is 2.88. The van der Waals surface area contributed by atoms with E-state index >= 15 is 0 Å². The standard InChI is InChI=1S/C20H26BrNO/c1-22(13-17-9-18(21)4-3-5-19(17)23-2)20-10-14-6-15(11-20)8-16(7-14)12-20/h4-5,9,14-16H,6-8,10-13H2,1-2H3. The number of methoxy groups -OCH3 is 1. The predicted octanol–water partition coefficient (Wildman–Crippen LogP) is 4.79. The van der Waals surface area contributed by atoms with Crippen molar-refractivity contribution in [1.82, 2.24) is 4.90 Å². The van der Waals surface area contributed by atoms with Gasteiger partial charge in [-0.15, -0.1) is 5.73 Å². The van der Waals surface area contributed by atoms with Gasteiger partial charge in [0.15, 0.2) is 0 Å². The van der Waals surface area contributed by atoms with E-state index in [0.29, 0.717) is 5.54 Å². The van der Waals surface area contributed by atoms with Gasteiger partial charge < -0.3 is 4.74 Å². The summed E-state index contributed by atoms with van der Waals surface area (Å²) in [6.45, 7) is 0.955. The molecule has 0 aromatic rings. The number of rotatable bonds is 4. The van der Waals surface area contributed by atoms with E-state index in [1.165, 1.54) is 44.1 Å². The summed E-state index contributed by atoms with van der Waals surface area (Å²) in [5, 5.41) is 0. The first-order valence-corrected chi connectivity index (χ1v) is 9.65. The Morgan fingerprint density at radius 1 is 1.17 bits per heavy atom. The molecule has 4 saturated carbocycles. The first-order chi connectivity index (χ1) is 11.1. The second-order valence-electron chi connectivity index (χ2n) is 8.08. The van der Waals surface area contributed by atoms with Gasteiger partial charge in [-0.2, -0.15) is 0 Å². The molecule has 0 aromatic carbocycles. The molecule has 0 aliphatic heterocycles. The lowest BCUT2D eigenvalue weighted by atomic mass is 9.52. The summed E-state index contributed by atoms with van der Waals surface area (Å²) < 4.78 is 6.67. The smallest absolute Gasteiger partial charge is 0.131 e. The number of likely N-dealkylation sites (N-methyl/N-ethyl adjacent to an activating group) is 1. The maximum atomic E-state index is 5.60. The Bertz CT molecular complexity index is 588. The van der Waals surface area contributed by atoms with E-state index in [4.69, 9.17) is 4.74 Å². The van der Waals surface area contributed by atoms with Crippen LogP contribution in [0, 0.1) is 17.8 Å². The first kappa shape index (κ1) is 15.7. The molecule has 0 heterocycles. The van der Waals surface area contributed by atoms with Crippen LogP contribution in [0.25, 0.3) is 0 Å². The van der Waals surface area contributed by atoms with Crippen LogP contribution >= 0.6 is 15.9 Å². The van der Waals surface area contributed by atoms with Crippen LogP contribution in [0.3, 0.4) is 0 Å². The zero-order chi connectivity index (χ0) is 16.0. The molecule has 0 saturated heterocycles. The number of ether oxygens (including phenoxy) is 1. The lowest BCUT2D eigenvalue weighted by Gasteiger charge is -2.60. The van der Waals surface area contributed by atoms with Crippen molar-refractivity contribution in [3.63, 3.8) is 0 Å². The maximum absolute atomic E-state index is 5.60. The van der Waals surface area contributed by atoms with Crippen molar-refractivity contribution in [3.05, 3.63) is 39.8 Å². The molecular formula is C20H26BrNO. The minimum Gasteiger partial charge on any atom is -0.496 e. The van der Waals surface area contributed by atoms with Crippen LogP contribution < -0.4 is 0 Å². The van der Waals surface area contributed by atoms with Crippen LogP contribution in [0.2, 0.25) is 0 Å². The highest BCUT2D eigenvalue weighted by atomic mass is 79.9. The van der Waals surface area contributed by atoms with Crippen LogP contribution in [0.5, 0.6) is 0 Å². The fraction of sp³-hybridized carbons (Fsp3) is 0.650. The Morgan fingerprint density at radius 2 is 1.78 bits per heavy atom. The summed E-state index contributed by atoms with van der Waals surface area (Å²) in [5.74, 6) is 3.89. The Balaban J connectivity index is 1.58. The Hall–Kier alpha value is -0.760. The number of allylic oxidation sites excluding steroid dienone is 2. The second-order valence-corrected chi connectivity index (χ2v) is 8.99. The van der Waals surface area contributed by atoms with Crippen molar-refractivity contribution in [2.75, 3.05) is 20.7 Å². The Kier molecular flexibility index (Phi) is 4.07. The summed E-state index contributed by atoms with van der Waals surface area (Å²) in [6, 6.07) is 0. The van der Waals surface area contributed by atoms with Crippen LogP contribution in [0.15, 0.2) is 39.8 Å². The number of hydrogen-bond acceptors (Lipinski definition) is 2. The van der Waals surface area contributed by atoms with E-state index in [0.717, 1.165) is 34.5 Å². The van der Waals surface area contributed by atoms with E-state index in [2.05, 4.69) is 39.7 Å². The van der Waals surface area contributed by atoms with Crippen LogP contribution in [0.4, 0.5) is 0 Å². The summed E-state index contributed by atoms with van der Waals surface area (Å²) in [6.07, 6.45) is 14.8. The second kappa shape index (κ2) is 5.95. The molecule has 0 unspecified atom stereocenters. The molecule has 0 radical (unpaired) electrons. The third-order valence-corrected chi connectivity index (χ3v) is 6.97. The number of halogens is 1. The van der Waals surface area contributed by atoms with Crippen molar-refractivity contribution in [3.8, 4) is 0 Å². The van der Waals surface area contributed by atoms with Crippen molar-refractivity contribution >= 4 is 15.9 Å². The average molecular weight is 376 g/mol. The van der Waals surface area contributed by atoms with Gasteiger partial charge >= 0.3 is 0 Å². The van der Waals surface area contributed by atoms with Gasteiger partial charge in [0.05, 0.1) is 7.11 Å². The van der Waals surface area contributed by atoms with Gasteiger partial charge in [-0.05, 0) is 75.5 Å². The quantitative estimate of drug-likeness (QED) is 0.654. The van der Waals surface area contributed by atoms with Gasteiger partial charge in [0.1, 0.15) is 5.76 Å². The third-order valence-electron chi connectivity index (χ3n) is 6.51. The largest absolute Gasteiger partial charge is 0.496 e. The zero-order valence-electron chi connectivity index (χ0n) is 14.1. The monoisotopic (exact) mass is 375 g/mol. The number of nitrogens with zero attached hydrogens (tertiary/aromatic N) is 1. The molecule has 23 heavy (non-hydrogen) atoms. The normalized spacial score (nSPS) is 38.3. The molecule has 2 nitrogen and oxygen atoms in total. The molecule has 5 aliphatic rings. The summed E-state index contributed by atoms with van der Waals surface area (Å²) in [5.41, 5.74) is 4.85. The molecule has 0 amide bonds. The Morgan fingerprint density at radius 3 is 2.35 bits per heavy atom. The lowest BCUT2D eigenvalue weighted by Crippen LogP contribution is -2.59. The van der Waals surface area contributed by atoms with Crippen LogP contribution in [0.1, 0.15) is 38.5 Å². The highest BCUT2D eigenvalue weighted by Gasteiger charge is 2.52. The molecule has 0 atom stereocenters. The van der Waals surface area contributed by atoms with E-state index < -0.39 is 0 Å². The summed E-state index contributed by atoms with van der Waals surface area (Å²) in [7, 11) is 4.09. The first-order valence-electron chi connectivity index (χ1n) is 8.86. The molecule has 0 spiro atoms. The van der Waals surface area contributed by atoms with Gasteiger partial charge in [0, 0.05) is 28.2 Å². The van der Waals surface area contributed by atoms with Crippen molar-refractivity contribution in [1.29, 1.82) is 0 Å². The highest BCUT2D eigenvalue weighted by molar-refractivity contribution is 9.11. The molecule has 0 aromatic heterocycles. The molecule has 3 heteroatoms. The highest BCUT2D eigenvalue weighted by Crippen LogP contribution is 2.57. The number of hydrogen-bond donors (Lipinski definition) is 0.